The number of hydrogen-bond acceptors (Lipinski definition) is 5. The second kappa shape index (κ2) is 6.07. The first kappa shape index (κ1) is 17.0. The van der Waals surface area contributed by atoms with E-state index in [4.69, 9.17) is 0 Å². The molecular weight excluding hydrogens is 332 g/mol. The number of carbonyl (C=O) groups is 1. The minimum atomic E-state index is -1.03. The van der Waals surface area contributed by atoms with Crippen molar-refractivity contribution in [3.8, 4) is 0 Å². The van der Waals surface area contributed by atoms with Gasteiger partial charge in [-0.3, -0.25) is 0 Å². The van der Waals surface area contributed by atoms with Crippen LogP contribution in [-0.4, -0.2) is 52.1 Å². The Kier molecular flexibility index (Phi) is 3.97. The zero-order valence-electron chi connectivity index (χ0n) is 14.5. The number of pyridine rings is 1. The predicted octanol–water partition coefficient (Wildman–Crippen LogP) is 1.66. The molecule has 2 aliphatic rings. The zero-order chi connectivity index (χ0) is 18.5. The van der Waals surface area contributed by atoms with Gasteiger partial charge in [0.15, 0.2) is 0 Å². The number of benzene rings is 1. The third-order valence-electron chi connectivity index (χ3n) is 5.94. The third kappa shape index (κ3) is 2.40. The molecule has 0 bridgehead atoms. The molecule has 0 radical (unpaired) electrons. The van der Waals surface area contributed by atoms with Gasteiger partial charge in [0.05, 0.1) is 6.10 Å². The second-order valence-electron chi connectivity index (χ2n) is 7.32. The molecule has 4 rings (SSSR count). The molecule has 1 aromatic heterocycles. The van der Waals surface area contributed by atoms with Gasteiger partial charge in [0.25, 0.3) is 0 Å². The van der Waals surface area contributed by atoms with Crippen LogP contribution in [0.5, 0.6) is 0 Å². The van der Waals surface area contributed by atoms with E-state index < -0.39 is 17.5 Å². The molecule has 0 amide bonds. The zero-order valence-corrected chi connectivity index (χ0v) is 14.5. The van der Waals surface area contributed by atoms with E-state index in [1.165, 1.54) is 0 Å². The van der Waals surface area contributed by atoms with E-state index in [-0.39, 0.29) is 24.0 Å². The maximum Gasteiger partial charge on any atom is 0.339 e. The Labute approximate surface area is 151 Å². The van der Waals surface area contributed by atoms with Crippen molar-refractivity contribution in [3.63, 3.8) is 0 Å². The molecule has 1 saturated carbocycles. The van der Waals surface area contributed by atoms with E-state index >= 15 is 0 Å². The monoisotopic (exact) mass is 354 g/mol. The molecule has 26 heavy (non-hydrogen) atoms. The van der Waals surface area contributed by atoms with Crippen LogP contribution in [0.3, 0.4) is 0 Å². The topological polar surface area (TPSA) is 93.9 Å². The van der Waals surface area contributed by atoms with Gasteiger partial charge < -0.3 is 20.2 Å². The second-order valence-corrected chi connectivity index (χ2v) is 7.32. The van der Waals surface area contributed by atoms with Crippen LogP contribution in [0.1, 0.15) is 27.5 Å². The molecule has 0 unspecified atom stereocenters. The average Bonchev–Trinajstić information content (AvgIpc) is 3.17. The Balaban J connectivity index is 1.69. The fraction of sp³-hybridized carbons (Fsp3) is 0.400. The molecule has 6 nitrogen and oxygen atoms in total. The molecule has 1 aliphatic heterocycles. The number of nitrogens with zero attached hydrogens (tertiary/aromatic N) is 2. The standard InChI is InChI=1S/C20H22N2O4/c1-12-7-8-14(19(25)26)18(21-12)22-9-16(24)20(11-22)15(10-23)17(20)13-5-3-2-4-6-13/h2-8,15-17,23-24H,9-11H2,1H3,(H,25,26)/t15-,16-,17-,20-/m1/s1. The molecular formula is C20H22N2O4. The number of aliphatic hydroxyl groups excluding tert-OH is 2. The normalized spacial score (nSPS) is 30.0. The molecule has 2 aromatic rings. The van der Waals surface area contributed by atoms with Crippen LogP contribution in [0.15, 0.2) is 42.5 Å². The lowest BCUT2D eigenvalue weighted by Gasteiger charge is -2.20. The van der Waals surface area contributed by atoms with Gasteiger partial charge in [-0.05, 0) is 36.5 Å². The van der Waals surface area contributed by atoms with E-state index in [1.807, 2.05) is 42.2 Å². The summed E-state index contributed by atoms with van der Waals surface area (Å²) in [5, 5.41) is 30.2. The van der Waals surface area contributed by atoms with Crippen molar-refractivity contribution in [2.45, 2.75) is 18.9 Å². The van der Waals surface area contributed by atoms with Gasteiger partial charge in [-0.25, -0.2) is 9.78 Å². The number of aryl methyl sites for hydroxylation is 1. The highest BCUT2D eigenvalue weighted by atomic mass is 16.4. The highest BCUT2D eigenvalue weighted by molar-refractivity contribution is 5.93. The first-order valence-electron chi connectivity index (χ1n) is 8.78. The van der Waals surface area contributed by atoms with Gasteiger partial charge in [-0.2, -0.15) is 0 Å². The summed E-state index contributed by atoms with van der Waals surface area (Å²) in [6.45, 7) is 2.61. The van der Waals surface area contributed by atoms with E-state index in [1.54, 1.807) is 12.1 Å². The third-order valence-corrected chi connectivity index (χ3v) is 5.94. The Morgan fingerprint density at radius 1 is 1.27 bits per heavy atom. The summed E-state index contributed by atoms with van der Waals surface area (Å²) in [5.74, 6) is -0.615. The van der Waals surface area contributed by atoms with Gasteiger partial charge in [-0.1, -0.05) is 30.3 Å². The summed E-state index contributed by atoms with van der Waals surface area (Å²) in [7, 11) is 0. The number of rotatable bonds is 4. The van der Waals surface area contributed by atoms with Crippen LogP contribution < -0.4 is 4.90 Å². The Morgan fingerprint density at radius 3 is 2.65 bits per heavy atom. The number of aliphatic hydroxyl groups is 2. The van der Waals surface area contributed by atoms with E-state index in [0.29, 0.717) is 18.9 Å². The minimum Gasteiger partial charge on any atom is -0.478 e. The summed E-state index contributed by atoms with van der Waals surface area (Å²) >= 11 is 0. The van der Waals surface area contributed by atoms with Gasteiger partial charge in [0.2, 0.25) is 0 Å². The van der Waals surface area contributed by atoms with Crippen LogP contribution in [-0.2, 0) is 0 Å². The van der Waals surface area contributed by atoms with Crippen molar-refractivity contribution in [2.75, 3.05) is 24.6 Å². The molecule has 6 heteroatoms. The summed E-state index contributed by atoms with van der Waals surface area (Å²) in [4.78, 5) is 17.9. The molecule has 1 aliphatic carbocycles. The maximum absolute atomic E-state index is 11.6. The first-order valence-corrected chi connectivity index (χ1v) is 8.78. The SMILES string of the molecule is Cc1ccc(C(=O)O)c(N2C[C@@H](O)[C@@]3(C2)[C@H](CO)[C@H]3c2ccccc2)n1. The van der Waals surface area contributed by atoms with Crippen molar-refractivity contribution in [1.82, 2.24) is 4.98 Å². The molecule has 1 spiro atoms. The molecule has 2 heterocycles. The van der Waals surface area contributed by atoms with Crippen molar-refractivity contribution in [1.29, 1.82) is 0 Å². The first-order chi connectivity index (χ1) is 12.5. The smallest absolute Gasteiger partial charge is 0.339 e. The molecule has 3 N–H and O–H groups in total. The number of aromatic nitrogens is 1. The van der Waals surface area contributed by atoms with Gasteiger partial charge in [0, 0.05) is 30.8 Å². The molecule has 1 saturated heterocycles. The van der Waals surface area contributed by atoms with Crippen LogP contribution in [0.4, 0.5) is 5.82 Å². The minimum absolute atomic E-state index is 0.00249. The summed E-state index contributed by atoms with van der Waals surface area (Å²) in [6.07, 6.45) is -0.645. The summed E-state index contributed by atoms with van der Waals surface area (Å²) < 4.78 is 0. The number of aromatic carboxylic acids is 1. The molecule has 1 aromatic carbocycles. The van der Waals surface area contributed by atoms with Crippen molar-refractivity contribution < 1.29 is 20.1 Å². The lowest BCUT2D eigenvalue weighted by Crippen LogP contribution is -2.25. The van der Waals surface area contributed by atoms with E-state index in [9.17, 15) is 20.1 Å². The predicted molar refractivity (Wildman–Crippen MR) is 96.3 cm³/mol. The van der Waals surface area contributed by atoms with Gasteiger partial charge in [0.1, 0.15) is 11.4 Å². The number of carboxylic acids is 1. The number of β-amino-alcohol motifs (C(OH)–C–C–N with tert-alkyl or cyclic N) is 1. The summed E-state index contributed by atoms with van der Waals surface area (Å²) in [6, 6.07) is 13.1. The average molecular weight is 354 g/mol. The van der Waals surface area contributed by atoms with E-state index in [2.05, 4.69) is 4.98 Å². The van der Waals surface area contributed by atoms with Gasteiger partial charge in [-0.15, -0.1) is 0 Å². The van der Waals surface area contributed by atoms with E-state index in [0.717, 1.165) is 11.3 Å². The fourth-order valence-corrected chi connectivity index (χ4v) is 4.68. The quantitative estimate of drug-likeness (QED) is 0.773. The highest BCUT2D eigenvalue weighted by Gasteiger charge is 2.71. The lowest BCUT2D eigenvalue weighted by atomic mass is 9.95. The van der Waals surface area contributed by atoms with Crippen molar-refractivity contribution in [3.05, 3.63) is 59.3 Å². The Bertz CT molecular complexity index is 841. The number of anilines is 1. The molecule has 4 atom stereocenters. The molecule has 136 valence electrons. The van der Waals surface area contributed by atoms with Crippen molar-refractivity contribution >= 4 is 11.8 Å². The molecule has 2 fully saturated rings. The van der Waals surface area contributed by atoms with Crippen molar-refractivity contribution in [2.24, 2.45) is 11.3 Å². The van der Waals surface area contributed by atoms with Crippen LogP contribution in [0, 0.1) is 18.3 Å². The number of carboxylic acid groups (broad SMARTS) is 1. The summed E-state index contributed by atoms with van der Waals surface area (Å²) in [5.41, 5.74) is 1.51. The van der Waals surface area contributed by atoms with Crippen LogP contribution in [0.2, 0.25) is 0 Å². The maximum atomic E-state index is 11.6. The van der Waals surface area contributed by atoms with Gasteiger partial charge >= 0.3 is 5.97 Å². The lowest BCUT2D eigenvalue weighted by molar-refractivity contribution is 0.0697. The number of hydrogen-bond donors (Lipinski definition) is 3. The Hall–Kier alpha value is -2.44. The van der Waals surface area contributed by atoms with Crippen LogP contribution in [0.25, 0.3) is 0 Å². The largest absolute Gasteiger partial charge is 0.478 e. The Morgan fingerprint density at radius 2 is 2.00 bits per heavy atom. The highest BCUT2D eigenvalue weighted by Crippen LogP contribution is 2.68. The fourth-order valence-electron chi connectivity index (χ4n) is 4.68. The van der Waals surface area contributed by atoms with Crippen LogP contribution >= 0.6 is 0 Å².